The zero-order valence-corrected chi connectivity index (χ0v) is 16.7. The number of aliphatic imine (C=N–C) groups is 3. The first-order valence-electron chi connectivity index (χ1n) is 8.64. The number of halogens is 1. The number of carbonyl (C=O) groups excluding carboxylic acids is 3. The Morgan fingerprint density at radius 2 is 1.90 bits per heavy atom. The monoisotopic (exact) mass is 429 g/mol. The summed E-state index contributed by atoms with van der Waals surface area (Å²) in [5.74, 6) is -1.50. The second-order valence-corrected chi connectivity index (χ2v) is 7.08. The smallest absolute Gasteiger partial charge is 0.303 e. The van der Waals surface area contributed by atoms with Crippen molar-refractivity contribution in [2.24, 2.45) is 20.7 Å². The van der Waals surface area contributed by atoms with E-state index in [0.29, 0.717) is 0 Å². The highest BCUT2D eigenvalue weighted by Crippen LogP contribution is 2.33. The van der Waals surface area contributed by atoms with Crippen molar-refractivity contribution in [1.29, 1.82) is 0 Å². The molecule has 13 heteroatoms. The molecule has 0 aromatic carbocycles. The van der Waals surface area contributed by atoms with Crippen molar-refractivity contribution < 1.29 is 33.3 Å². The minimum Gasteiger partial charge on any atom is -0.463 e. The van der Waals surface area contributed by atoms with E-state index in [1.165, 1.54) is 27.1 Å². The van der Waals surface area contributed by atoms with Crippen LogP contribution in [0.2, 0.25) is 0 Å². The second-order valence-electron chi connectivity index (χ2n) is 6.50. The molecule has 3 rings (SSSR count). The van der Waals surface area contributed by atoms with Gasteiger partial charge in [0.1, 0.15) is 31.4 Å². The van der Waals surface area contributed by atoms with Gasteiger partial charge in [0.15, 0.2) is 24.3 Å². The van der Waals surface area contributed by atoms with Crippen LogP contribution in [0.15, 0.2) is 15.0 Å². The van der Waals surface area contributed by atoms with Crippen molar-refractivity contribution in [2.45, 2.75) is 50.4 Å². The summed E-state index contributed by atoms with van der Waals surface area (Å²) in [6.45, 7) is 3.47. The zero-order valence-electron chi connectivity index (χ0n) is 15.9. The standard InChI is InChI=1S/C16H20ClN5O7/c1-7(23)26-4-10-11(27-8(2)24)12(28-9(3)25)15(29-10)22-6-20-13-14(22)19-5-21-16(13,17)18/h5,10-12,15H,4,6,18H2,1-3H3/t10-,11-,12-,15-,16?/m1/s1. The Morgan fingerprint density at radius 1 is 1.24 bits per heavy atom. The first-order chi connectivity index (χ1) is 13.6. The van der Waals surface area contributed by atoms with Gasteiger partial charge in [-0.3, -0.25) is 25.1 Å². The molecule has 0 radical (unpaired) electrons. The quantitative estimate of drug-likeness (QED) is 0.254. The summed E-state index contributed by atoms with van der Waals surface area (Å²) >= 11 is 6.17. The van der Waals surface area contributed by atoms with Gasteiger partial charge in [-0.25, -0.2) is 9.98 Å². The molecule has 12 nitrogen and oxygen atoms in total. The van der Waals surface area contributed by atoms with Gasteiger partial charge in [0, 0.05) is 20.8 Å². The second kappa shape index (κ2) is 8.05. The molecule has 2 N–H and O–H groups in total. The molecule has 3 aliphatic rings. The van der Waals surface area contributed by atoms with Crippen molar-refractivity contribution in [1.82, 2.24) is 4.90 Å². The van der Waals surface area contributed by atoms with Crippen molar-refractivity contribution in [3.05, 3.63) is 0 Å². The molecule has 0 spiro atoms. The molecule has 0 aliphatic carbocycles. The lowest BCUT2D eigenvalue weighted by atomic mass is 10.1. The third-order valence-corrected chi connectivity index (χ3v) is 4.55. The third-order valence-electron chi connectivity index (χ3n) is 4.27. The number of nitrogens with two attached hydrogens (primary N) is 1. The molecule has 5 atom stereocenters. The van der Waals surface area contributed by atoms with Gasteiger partial charge >= 0.3 is 17.9 Å². The Labute approximate surface area is 170 Å². The third kappa shape index (κ3) is 4.38. The molecule has 0 aromatic rings. The number of esters is 3. The molecule has 158 valence electrons. The fourth-order valence-electron chi connectivity index (χ4n) is 3.20. The van der Waals surface area contributed by atoms with E-state index in [1.807, 2.05) is 0 Å². The van der Waals surface area contributed by atoms with E-state index < -0.39 is 47.6 Å². The summed E-state index contributed by atoms with van der Waals surface area (Å²) in [6, 6.07) is 0. The zero-order chi connectivity index (χ0) is 21.3. The number of ether oxygens (including phenoxy) is 4. The topological polar surface area (TPSA) is 154 Å². The molecule has 1 saturated heterocycles. The number of hydrogen-bond acceptors (Lipinski definition) is 12. The Balaban J connectivity index is 1.90. The van der Waals surface area contributed by atoms with Crippen LogP contribution in [0, 0.1) is 0 Å². The summed E-state index contributed by atoms with van der Waals surface area (Å²) in [7, 11) is 0. The number of rotatable bonds is 5. The van der Waals surface area contributed by atoms with Crippen LogP contribution in [-0.2, 0) is 33.3 Å². The minimum absolute atomic E-state index is 0.0404. The van der Waals surface area contributed by atoms with Gasteiger partial charge < -0.3 is 23.8 Å². The normalized spacial score (nSPS) is 32.9. The molecule has 3 aliphatic heterocycles. The Bertz CT molecular complexity index is 811. The Morgan fingerprint density at radius 3 is 2.52 bits per heavy atom. The van der Waals surface area contributed by atoms with Crippen LogP contribution in [0.5, 0.6) is 0 Å². The summed E-state index contributed by atoms with van der Waals surface area (Å²) in [6.07, 6.45) is -2.73. The van der Waals surface area contributed by atoms with E-state index in [-0.39, 0.29) is 24.8 Å². The van der Waals surface area contributed by atoms with E-state index in [2.05, 4.69) is 15.0 Å². The summed E-state index contributed by atoms with van der Waals surface area (Å²) in [5, 5.41) is -1.59. The highest BCUT2D eigenvalue weighted by atomic mass is 35.5. The molecule has 0 aromatic heterocycles. The van der Waals surface area contributed by atoms with Gasteiger partial charge in [-0.2, -0.15) is 0 Å². The molecule has 29 heavy (non-hydrogen) atoms. The Kier molecular flexibility index (Phi) is 5.87. The van der Waals surface area contributed by atoms with Crippen LogP contribution in [0.1, 0.15) is 20.8 Å². The van der Waals surface area contributed by atoms with Crippen LogP contribution in [0.25, 0.3) is 0 Å². The molecule has 0 amide bonds. The highest BCUT2D eigenvalue weighted by molar-refractivity contribution is 6.56. The van der Waals surface area contributed by atoms with Crippen molar-refractivity contribution in [3.63, 3.8) is 0 Å². The number of alkyl halides is 1. The van der Waals surface area contributed by atoms with Gasteiger partial charge in [0.2, 0.25) is 5.12 Å². The van der Waals surface area contributed by atoms with Gasteiger partial charge in [-0.15, -0.1) is 0 Å². The first kappa shape index (κ1) is 21.1. The van der Waals surface area contributed by atoms with Gasteiger partial charge in [-0.05, 0) is 0 Å². The molecule has 1 unspecified atom stereocenters. The number of hydrogen-bond donors (Lipinski definition) is 1. The summed E-state index contributed by atoms with van der Waals surface area (Å²) in [4.78, 5) is 48.4. The van der Waals surface area contributed by atoms with Crippen LogP contribution >= 0.6 is 11.6 Å². The van der Waals surface area contributed by atoms with Crippen LogP contribution in [-0.4, -0.2) is 83.6 Å². The van der Waals surface area contributed by atoms with Gasteiger partial charge in [0.25, 0.3) is 0 Å². The fourth-order valence-corrected chi connectivity index (χ4v) is 3.38. The number of carbonyl (C=O) groups is 3. The van der Waals surface area contributed by atoms with Crippen molar-refractivity contribution in [3.8, 4) is 0 Å². The fraction of sp³-hybridized carbons (Fsp3) is 0.625. The number of fused-ring (bicyclic) bond motifs is 1. The van der Waals surface area contributed by atoms with E-state index in [9.17, 15) is 14.4 Å². The Hall–Kier alpha value is -2.57. The van der Waals surface area contributed by atoms with Crippen LogP contribution in [0.4, 0.5) is 0 Å². The van der Waals surface area contributed by atoms with Crippen molar-refractivity contribution >= 4 is 47.4 Å². The predicted molar refractivity (Wildman–Crippen MR) is 99.2 cm³/mol. The lowest BCUT2D eigenvalue weighted by molar-refractivity contribution is -0.166. The largest absolute Gasteiger partial charge is 0.463 e. The SMILES string of the molecule is CC(=O)OC[C@H]1O[C@@H](N2CN=C3C2=NC=NC3(N)Cl)[C@H](OC(C)=O)[C@@H]1OC(C)=O. The molecular weight excluding hydrogens is 410 g/mol. The number of amidine groups is 1. The van der Waals surface area contributed by atoms with Crippen LogP contribution < -0.4 is 5.73 Å². The van der Waals surface area contributed by atoms with E-state index in [4.69, 9.17) is 36.3 Å². The van der Waals surface area contributed by atoms with E-state index in [1.54, 1.807) is 4.90 Å². The maximum Gasteiger partial charge on any atom is 0.303 e. The maximum absolute atomic E-state index is 11.7. The van der Waals surface area contributed by atoms with E-state index in [0.717, 1.165) is 0 Å². The molecule has 1 fully saturated rings. The molecule has 3 heterocycles. The average molecular weight is 430 g/mol. The van der Waals surface area contributed by atoms with Gasteiger partial charge in [-0.1, -0.05) is 11.6 Å². The summed E-state index contributed by atoms with van der Waals surface area (Å²) < 4.78 is 21.7. The highest BCUT2D eigenvalue weighted by Gasteiger charge is 2.54. The van der Waals surface area contributed by atoms with E-state index >= 15 is 0 Å². The lowest BCUT2D eigenvalue weighted by Gasteiger charge is -2.31. The number of nitrogens with zero attached hydrogens (tertiary/aromatic N) is 4. The molecule has 0 bridgehead atoms. The molecular formula is C16H20ClN5O7. The maximum atomic E-state index is 11.7. The summed E-state index contributed by atoms with van der Waals surface area (Å²) in [5.41, 5.74) is 6.14. The minimum atomic E-state index is -1.59. The lowest BCUT2D eigenvalue weighted by Crippen LogP contribution is -2.53. The van der Waals surface area contributed by atoms with Crippen LogP contribution in [0.3, 0.4) is 0 Å². The van der Waals surface area contributed by atoms with Gasteiger partial charge in [0.05, 0.1) is 0 Å². The first-order valence-corrected chi connectivity index (χ1v) is 9.02. The average Bonchev–Trinajstić information content (AvgIpc) is 3.15. The molecule has 0 saturated carbocycles. The van der Waals surface area contributed by atoms with Crippen molar-refractivity contribution in [2.75, 3.05) is 13.3 Å². The predicted octanol–water partition coefficient (Wildman–Crippen LogP) is -0.856.